The molecule has 0 aromatic heterocycles. The lowest BCUT2D eigenvalue weighted by molar-refractivity contribution is -0.143. The van der Waals surface area contributed by atoms with Crippen molar-refractivity contribution in [2.75, 3.05) is 18.4 Å². The van der Waals surface area contributed by atoms with Crippen molar-refractivity contribution in [3.63, 3.8) is 0 Å². The van der Waals surface area contributed by atoms with Gasteiger partial charge in [-0.25, -0.2) is 13.1 Å². The Morgan fingerprint density at radius 1 is 0.838 bits per heavy atom. The van der Waals surface area contributed by atoms with Crippen molar-refractivity contribution in [1.82, 2.24) is 10.0 Å². The maximum atomic E-state index is 13.0. The van der Waals surface area contributed by atoms with E-state index < -0.39 is 50.9 Å². The first-order chi connectivity index (χ1) is 17.2. The third-order valence-corrected chi connectivity index (χ3v) is 7.16. The summed E-state index contributed by atoms with van der Waals surface area (Å²) < 4.78 is 104. The van der Waals surface area contributed by atoms with E-state index in [-0.39, 0.29) is 42.1 Å². The number of alkyl halides is 6. The summed E-state index contributed by atoms with van der Waals surface area (Å²) in [7, 11) is -4.75. The van der Waals surface area contributed by atoms with Gasteiger partial charge in [-0.2, -0.15) is 26.3 Å². The van der Waals surface area contributed by atoms with Crippen molar-refractivity contribution < 1.29 is 44.3 Å². The molecule has 3 rings (SSSR count). The zero-order valence-corrected chi connectivity index (χ0v) is 20.0. The predicted octanol–water partition coefficient (Wildman–Crippen LogP) is 4.56. The number of anilines is 1. The van der Waals surface area contributed by atoms with Gasteiger partial charge in [0, 0.05) is 30.3 Å². The maximum absolute atomic E-state index is 13.0. The van der Waals surface area contributed by atoms with Crippen LogP contribution < -0.4 is 15.4 Å². The Hall–Kier alpha value is -3.13. The molecule has 0 bridgehead atoms. The first-order valence-electron chi connectivity index (χ1n) is 11.1. The van der Waals surface area contributed by atoms with Crippen LogP contribution in [0.1, 0.15) is 47.2 Å². The molecule has 7 nitrogen and oxygen atoms in total. The average molecular weight is 552 g/mol. The highest BCUT2D eigenvalue weighted by Gasteiger charge is 2.38. The Labute approximate surface area is 208 Å². The van der Waals surface area contributed by atoms with Crippen LogP contribution in [0, 0.1) is 5.92 Å². The Morgan fingerprint density at radius 3 is 1.89 bits per heavy atom. The second-order valence-corrected chi connectivity index (χ2v) is 10.2. The van der Waals surface area contributed by atoms with Gasteiger partial charge < -0.3 is 10.6 Å². The van der Waals surface area contributed by atoms with Crippen LogP contribution in [-0.2, 0) is 27.2 Å². The van der Waals surface area contributed by atoms with Gasteiger partial charge in [0.2, 0.25) is 15.9 Å². The zero-order chi connectivity index (χ0) is 27.4. The van der Waals surface area contributed by atoms with E-state index in [4.69, 9.17) is 0 Å². The van der Waals surface area contributed by atoms with Crippen LogP contribution in [0.3, 0.4) is 0 Å². The van der Waals surface area contributed by atoms with E-state index in [9.17, 15) is 44.3 Å². The number of hydrogen-bond acceptors (Lipinski definition) is 4. The van der Waals surface area contributed by atoms with Crippen LogP contribution >= 0.6 is 0 Å². The molecule has 202 valence electrons. The van der Waals surface area contributed by atoms with Gasteiger partial charge in [-0.15, -0.1) is 0 Å². The number of sulfonamides is 1. The highest BCUT2D eigenvalue weighted by atomic mass is 32.2. The van der Waals surface area contributed by atoms with E-state index in [1.807, 2.05) is 4.72 Å². The summed E-state index contributed by atoms with van der Waals surface area (Å²) in [4.78, 5) is 23.2. The average Bonchev–Trinajstić information content (AvgIpc) is 3.36. The second-order valence-electron chi connectivity index (χ2n) is 8.44. The minimum absolute atomic E-state index is 0.0391. The summed E-state index contributed by atoms with van der Waals surface area (Å²) in [5.41, 5.74) is -2.84. The van der Waals surface area contributed by atoms with Crippen LogP contribution in [0.4, 0.5) is 32.0 Å². The molecule has 0 aliphatic heterocycles. The molecule has 0 radical (unpaired) electrons. The molecule has 2 amide bonds. The summed E-state index contributed by atoms with van der Waals surface area (Å²) in [5.74, 6) is -0.737. The lowest BCUT2D eigenvalue weighted by Gasteiger charge is -2.15. The topological polar surface area (TPSA) is 104 Å². The Morgan fingerprint density at radius 2 is 1.38 bits per heavy atom. The first kappa shape index (κ1) is 28.4. The highest BCUT2D eigenvalue weighted by Crippen LogP contribution is 2.37. The SMILES string of the molecule is O=C(NCCNS(=O)(=O)c1cc(C(F)(F)F)cc(C(F)(F)F)c1)c1ccc(NC(=O)C2CCCC2)cc1. The molecular weight excluding hydrogens is 528 g/mol. The molecular formula is C23H23F6N3O4S. The molecule has 0 saturated heterocycles. The number of carbonyl (C=O) groups is 2. The molecule has 0 unspecified atom stereocenters. The molecule has 2 aromatic rings. The third kappa shape index (κ3) is 7.68. The fraction of sp³-hybridized carbons (Fsp3) is 0.391. The quantitative estimate of drug-likeness (QED) is 0.331. The van der Waals surface area contributed by atoms with Crippen LogP contribution in [0.5, 0.6) is 0 Å². The normalized spacial score (nSPS) is 15.0. The standard InChI is InChI=1S/C23H23F6N3O4S/c24-22(25,26)16-11-17(23(27,28)29)13-19(12-16)37(35,36)31-10-9-30-20(33)15-5-7-18(8-6-15)32-21(34)14-3-1-2-4-14/h5-8,11-14,31H,1-4,9-10H2,(H,30,33)(H,32,34). The van der Waals surface area contributed by atoms with Crippen LogP contribution in [0.15, 0.2) is 47.4 Å². The number of benzene rings is 2. The molecule has 1 aliphatic carbocycles. The summed E-state index contributed by atoms with van der Waals surface area (Å²) in [6, 6.07) is 5.94. The zero-order valence-electron chi connectivity index (χ0n) is 19.2. The van der Waals surface area contributed by atoms with E-state index in [1.165, 1.54) is 24.3 Å². The largest absolute Gasteiger partial charge is 0.416 e. The van der Waals surface area contributed by atoms with E-state index in [2.05, 4.69) is 10.6 Å². The molecule has 0 spiro atoms. The molecule has 37 heavy (non-hydrogen) atoms. The molecule has 1 fully saturated rings. The predicted molar refractivity (Wildman–Crippen MR) is 121 cm³/mol. The van der Waals surface area contributed by atoms with Crippen LogP contribution in [0.25, 0.3) is 0 Å². The Balaban J connectivity index is 1.56. The number of carbonyl (C=O) groups excluding carboxylic acids is 2. The number of hydrogen-bond donors (Lipinski definition) is 3. The van der Waals surface area contributed by atoms with E-state index in [0.717, 1.165) is 25.7 Å². The smallest absolute Gasteiger partial charge is 0.351 e. The van der Waals surface area contributed by atoms with Gasteiger partial charge in [0.05, 0.1) is 16.0 Å². The maximum Gasteiger partial charge on any atom is 0.416 e. The van der Waals surface area contributed by atoms with Gasteiger partial charge >= 0.3 is 12.4 Å². The second kappa shape index (κ2) is 11.1. The van der Waals surface area contributed by atoms with E-state index >= 15 is 0 Å². The van der Waals surface area contributed by atoms with Crippen molar-refractivity contribution in [2.24, 2.45) is 5.92 Å². The molecule has 14 heteroatoms. The van der Waals surface area contributed by atoms with Crippen LogP contribution in [0.2, 0.25) is 0 Å². The monoisotopic (exact) mass is 551 g/mol. The molecule has 1 saturated carbocycles. The van der Waals surface area contributed by atoms with Gasteiger partial charge in [-0.05, 0) is 55.3 Å². The van der Waals surface area contributed by atoms with Crippen molar-refractivity contribution in [3.05, 3.63) is 59.2 Å². The minimum Gasteiger partial charge on any atom is -0.351 e. The molecule has 0 heterocycles. The lowest BCUT2D eigenvalue weighted by atomic mass is 10.1. The minimum atomic E-state index is -5.20. The first-order valence-corrected chi connectivity index (χ1v) is 12.6. The summed E-state index contributed by atoms with van der Waals surface area (Å²) in [5, 5.41) is 5.16. The van der Waals surface area contributed by atoms with Gasteiger partial charge in [0.15, 0.2) is 0 Å². The Bertz CT molecular complexity index is 1210. The molecule has 3 N–H and O–H groups in total. The number of amides is 2. The number of nitrogens with one attached hydrogen (secondary N) is 3. The van der Waals surface area contributed by atoms with Gasteiger partial charge in [-0.1, -0.05) is 12.8 Å². The van der Waals surface area contributed by atoms with E-state index in [0.29, 0.717) is 5.69 Å². The van der Waals surface area contributed by atoms with Crippen molar-refractivity contribution in [2.45, 2.75) is 42.9 Å². The molecule has 2 aromatic carbocycles. The van der Waals surface area contributed by atoms with Crippen molar-refractivity contribution >= 4 is 27.5 Å². The third-order valence-electron chi connectivity index (χ3n) is 5.71. The number of halogens is 6. The summed E-state index contributed by atoms with van der Waals surface area (Å²) >= 11 is 0. The molecule has 0 atom stereocenters. The van der Waals surface area contributed by atoms with Gasteiger partial charge in [0.1, 0.15) is 0 Å². The fourth-order valence-corrected chi connectivity index (χ4v) is 4.87. The Kier molecular flexibility index (Phi) is 8.52. The summed E-state index contributed by atoms with van der Waals surface area (Å²) in [6.45, 7) is -0.801. The van der Waals surface area contributed by atoms with Gasteiger partial charge in [-0.3, -0.25) is 9.59 Å². The van der Waals surface area contributed by atoms with Crippen molar-refractivity contribution in [3.8, 4) is 0 Å². The van der Waals surface area contributed by atoms with Crippen LogP contribution in [-0.4, -0.2) is 33.3 Å². The fourth-order valence-electron chi connectivity index (χ4n) is 3.77. The highest BCUT2D eigenvalue weighted by molar-refractivity contribution is 7.89. The van der Waals surface area contributed by atoms with Gasteiger partial charge in [0.25, 0.3) is 5.91 Å². The lowest BCUT2D eigenvalue weighted by Crippen LogP contribution is -2.35. The van der Waals surface area contributed by atoms with Crippen molar-refractivity contribution in [1.29, 1.82) is 0 Å². The summed E-state index contributed by atoms with van der Waals surface area (Å²) in [6.07, 6.45) is -6.74. The van der Waals surface area contributed by atoms with E-state index in [1.54, 1.807) is 0 Å². The number of rotatable bonds is 8. The molecule has 1 aliphatic rings.